The van der Waals surface area contributed by atoms with E-state index in [9.17, 15) is 9.18 Å². The van der Waals surface area contributed by atoms with Crippen molar-refractivity contribution in [3.8, 4) is 0 Å². The Labute approximate surface area is 165 Å². The smallest absolute Gasteiger partial charge is 0.357 e. The molecule has 0 N–H and O–H groups in total. The molecule has 0 saturated carbocycles. The lowest BCUT2D eigenvalue weighted by Gasteiger charge is -2.09. The number of fused-ring (bicyclic) bond motifs is 1. The van der Waals surface area contributed by atoms with Gasteiger partial charge in [-0.25, -0.2) is 14.2 Å². The van der Waals surface area contributed by atoms with Gasteiger partial charge in [0.1, 0.15) is 12.4 Å². The quantitative estimate of drug-likeness (QED) is 0.384. The lowest BCUT2D eigenvalue weighted by atomic mass is 10.2. The van der Waals surface area contributed by atoms with Crippen LogP contribution in [0.15, 0.2) is 60.7 Å². The van der Waals surface area contributed by atoms with Crippen LogP contribution in [0.3, 0.4) is 0 Å². The summed E-state index contributed by atoms with van der Waals surface area (Å²) < 4.78 is 20.2. The lowest BCUT2D eigenvalue weighted by molar-refractivity contribution is -0.138. The highest BCUT2D eigenvalue weighted by molar-refractivity contribution is 6.15. The fraction of sp³-hybridized carbons (Fsp3) is 0.0952. The molecule has 0 saturated heterocycles. The number of aromatic nitrogens is 5. The van der Waals surface area contributed by atoms with Crippen molar-refractivity contribution in [2.24, 2.45) is 0 Å². The number of carbonyl (C=O) groups is 1. The number of carbonyl (C=O) groups excluding carboxylic acids is 1. The van der Waals surface area contributed by atoms with Gasteiger partial charge in [-0.2, -0.15) is 4.68 Å². The van der Waals surface area contributed by atoms with Gasteiger partial charge in [-0.1, -0.05) is 36.4 Å². The summed E-state index contributed by atoms with van der Waals surface area (Å²) >= 11 is 0. The molecule has 7 nitrogen and oxygen atoms in total. The van der Waals surface area contributed by atoms with Gasteiger partial charge in [0.2, 0.25) is 0 Å². The zero-order chi connectivity index (χ0) is 20.2. The SMILES string of the molecule is Cc1nnnn1/C(=C\c1cccc(F)c1)C(=O)OCc1ccc2ccccc2n1. The molecule has 8 heteroatoms. The number of halogens is 1. The molecule has 0 unspecified atom stereocenters. The first-order chi connectivity index (χ1) is 14.1. The van der Waals surface area contributed by atoms with Crippen LogP contribution in [0.2, 0.25) is 0 Å². The summed E-state index contributed by atoms with van der Waals surface area (Å²) in [5.74, 6) is -0.673. The van der Waals surface area contributed by atoms with Crippen molar-refractivity contribution in [1.82, 2.24) is 25.2 Å². The minimum atomic E-state index is -0.653. The number of ether oxygens (including phenoxy) is 1. The van der Waals surface area contributed by atoms with E-state index in [0.717, 1.165) is 10.9 Å². The Morgan fingerprint density at radius 1 is 1.14 bits per heavy atom. The van der Waals surface area contributed by atoms with E-state index in [2.05, 4.69) is 20.5 Å². The Morgan fingerprint density at radius 3 is 2.79 bits per heavy atom. The first-order valence-electron chi connectivity index (χ1n) is 8.84. The zero-order valence-corrected chi connectivity index (χ0v) is 15.5. The second-order valence-corrected chi connectivity index (χ2v) is 6.29. The normalized spacial score (nSPS) is 11.6. The third-order valence-corrected chi connectivity index (χ3v) is 4.22. The van der Waals surface area contributed by atoms with Crippen LogP contribution in [0.5, 0.6) is 0 Å². The number of benzene rings is 2. The number of hydrogen-bond donors (Lipinski definition) is 0. The predicted molar refractivity (Wildman–Crippen MR) is 105 cm³/mol. The van der Waals surface area contributed by atoms with Gasteiger partial charge in [-0.15, -0.1) is 5.10 Å². The van der Waals surface area contributed by atoms with E-state index in [4.69, 9.17) is 4.74 Å². The average molecular weight is 389 g/mol. The Morgan fingerprint density at radius 2 is 2.00 bits per heavy atom. The van der Waals surface area contributed by atoms with Gasteiger partial charge in [0.25, 0.3) is 0 Å². The van der Waals surface area contributed by atoms with E-state index < -0.39 is 11.8 Å². The van der Waals surface area contributed by atoms with Crippen molar-refractivity contribution in [2.45, 2.75) is 13.5 Å². The molecule has 0 atom stereocenters. The van der Waals surface area contributed by atoms with Gasteiger partial charge >= 0.3 is 5.97 Å². The van der Waals surface area contributed by atoms with Crippen LogP contribution in [0.4, 0.5) is 4.39 Å². The number of esters is 1. The second-order valence-electron chi connectivity index (χ2n) is 6.29. The molecule has 2 heterocycles. The summed E-state index contributed by atoms with van der Waals surface area (Å²) in [6.45, 7) is 1.63. The van der Waals surface area contributed by atoms with E-state index in [1.165, 1.54) is 22.9 Å². The number of pyridine rings is 1. The number of rotatable bonds is 5. The maximum Gasteiger partial charge on any atom is 0.357 e. The average Bonchev–Trinajstić information content (AvgIpc) is 3.15. The second kappa shape index (κ2) is 7.97. The fourth-order valence-electron chi connectivity index (χ4n) is 2.82. The molecule has 0 aliphatic carbocycles. The van der Waals surface area contributed by atoms with Crippen LogP contribution >= 0.6 is 0 Å². The molecular formula is C21H16FN5O2. The van der Waals surface area contributed by atoms with Crippen LogP contribution in [0.1, 0.15) is 17.1 Å². The van der Waals surface area contributed by atoms with Crippen LogP contribution in [0, 0.1) is 12.7 Å². The number of hydrogen-bond acceptors (Lipinski definition) is 6. The van der Waals surface area contributed by atoms with E-state index in [1.54, 1.807) is 25.1 Å². The molecule has 29 heavy (non-hydrogen) atoms. The van der Waals surface area contributed by atoms with Crippen molar-refractivity contribution >= 4 is 28.6 Å². The Bertz CT molecular complexity index is 1220. The number of nitrogens with zero attached hydrogens (tertiary/aromatic N) is 5. The molecule has 0 aliphatic heterocycles. The first kappa shape index (κ1) is 18.4. The van der Waals surface area contributed by atoms with Crippen molar-refractivity contribution in [3.05, 3.63) is 83.6 Å². The molecular weight excluding hydrogens is 373 g/mol. The van der Waals surface area contributed by atoms with Gasteiger partial charge in [0.15, 0.2) is 11.5 Å². The van der Waals surface area contributed by atoms with E-state index >= 15 is 0 Å². The maximum absolute atomic E-state index is 13.5. The van der Waals surface area contributed by atoms with Crippen molar-refractivity contribution in [3.63, 3.8) is 0 Å². The summed E-state index contributed by atoms with van der Waals surface area (Å²) in [7, 11) is 0. The van der Waals surface area contributed by atoms with Crippen molar-refractivity contribution < 1.29 is 13.9 Å². The Balaban J connectivity index is 1.60. The number of tetrazole rings is 1. The molecule has 0 fully saturated rings. The highest BCUT2D eigenvalue weighted by Gasteiger charge is 2.18. The van der Waals surface area contributed by atoms with Gasteiger partial charge in [0.05, 0.1) is 11.2 Å². The van der Waals surface area contributed by atoms with Gasteiger partial charge in [-0.05, 0) is 53.3 Å². The van der Waals surface area contributed by atoms with Crippen LogP contribution in [-0.2, 0) is 16.1 Å². The third-order valence-electron chi connectivity index (χ3n) is 4.22. The van der Waals surface area contributed by atoms with E-state index in [0.29, 0.717) is 17.1 Å². The third kappa shape index (κ3) is 4.16. The lowest BCUT2D eigenvalue weighted by Crippen LogP contribution is -2.15. The Kier molecular flexibility index (Phi) is 5.07. The summed E-state index contributed by atoms with van der Waals surface area (Å²) in [4.78, 5) is 17.3. The minimum Gasteiger partial charge on any atom is -0.454 e. The number of aryl methyl sites for hydroxylation is 1. The van der Waals surface area contributed by atoms with Gasteiger partial charge in [-0.3, -0.25) is 0 Å². The predicted octanol–water partition coefficient (Wildman–Crippen LogP) is 3.41. The maximum atomic E-state index is 13.5. The highest BCUT2D eigenvalue weighted by Crippen LogP contribution is 2.17. The fourth-order valence-corrected chi connectivity index (χ4v) is 2.82. The van der Waals surface area contributed by atoms with Crippen LogP contribution in [-0.4, -0.2) is 31.2 Å². The van der Waals surface area contributed by atoms with Crippen molar-refractivity contribution in [1.29, 1.82) is 0 Å². The van der Waals surface area contributed by atoms with Crippen molar-refractivity contribution in [2.75, 3.05) is 0 Å². The van der Waals surface area contributed by atoms with Gasteiger partial charge in [0, 0.05) is 5.39 Å². The molecule has 4 aromatic rings. The summed E-state index contributed by atoms with van der Waals surface area (Å²) in [5.41, 5.74) is 1.97. The van der Waals surface area contributed by atoms with E-state index in [-0.39, 0.29) is 12.3 Å². The summed E-state index contributed by atoms with van der Waals surface area (Å²) in [6, 6.07) is 17.2. The molecule has 0 amide bonds. The zero-order valence-electron chi connectivity index (χ0n) is 15.5. The molecule has 0 bridgehead atoms. The summed E-state index contributed by atoms with van der Waals surface area (Å²) in [5, 5.41) is 12.2. The molecule has 4 rings (SSSR count). The number of para-hydroxylation sites is 1. The summed E-state index contributed by atoms with van der Waals surface area (Å²) in [6.07, 6.45) is 1.47. The standard InChI is InChI=1S/C21H16FN5O2/c1-14-24-25-26-27(14)20(12-15-5-4-7-17(22)11-15)21(28)29-13-18-10-9-16-6-2-3-8-19(16)23-18/h2-12H,13H2,1H3/b20-12-. The molecule has 144 valence electrons. The first-order valence-corrected chi connectivity index (χ1v) is 8.84. The molecule has 0 spiro atoms. The van der Waals surface area contributed by atoms with Crippen LogP contribution in [0.25, 0.3) is 22.7 Å². The molecule has 0 aliphatic rings. The molecule has 2 aromatic carbocycles. The van der Waals surface area contributed by atoms with Crippen LogP contribution < -0.4 is 0 Å². The van der Waals surface area contributed by atoms with Gasteiger partial charge < -0.3 is 4.74 Å². The largest absolute Gasteiger partial charge is 0.454 e. The topological polar surface area (TPSA) is 82.8 Å². The van der Waals surface area contributed by atoms with E-state index in [1.807, 2.05) is 30.3 Å². The minimum absolute atomic E-state index is 0.0225. The monoisotopic (exact) mass is 389 g/mol. The molecule has 2 aromatic heterocycles. The Hall–Kier alpha value is -3.94. The molecule has 0 radical (unpaired) electrons. The highest BCUT2D eigenvalue weighted by atomic mass is 19.1.